The highest BCUT2D eigenvalue weighted by Crippen LogP contribution is 2.26. The van der Waals surface area contributed by atoms with Crippen LogP contribution in [0.5, 0.6) is 5.75 Å². The topological polar surface area (TPSA) is 58.6 Å². The summed E-state index contributed by atoms with van der Waals surface area (Å²) in [5.74, 6) is -0.323. The summed E-state index contributed by atoms with van der Waals surface area (Å²) in [7, 11) is 1.57. The summed E-state index contributed by atoms with van der Waals surface area (Å²) in [6.45, 7) is 4.73. The number of ether oxygens (including phenoxy) is 1. The second-order valence-corrected chi connectivity index (χ2v) is 5.07. The van der Waals surface area contributed by atoms with Crippen molar-refractivity contribution in [1.29, 1.82) is 0 Å². The molecule has 110 valence electrons. The van der Waals surface area contributed by atoms with Gasteiger partial charge in [-0.3, -0.25) is 0 Å². The number of nitrogens with one attached hydrogen (secondary N) is 1. The molecule has 2 rings (SSSR count). The van der Waals surface area contributed by atoms with Crippen LogP contribution >= 0.6 is 0 Å². The number of carboxylic acids is 1. The average Bonchev–Trinajstić information content (AvgIpc) is 2.43. The molecule has 0 saturated heterocycles. The second-order valence-electron chi connectivity index (χ2n) is 5.07. The molecular formula is C17H19NO3. The van der Waals surface area contributed by atoms with Gasteiger partial charge in [-0.1, -0.05) is 29.3 Å². The van der Waals surface area contributed by atoms with E-state index in [-0.39, 0.29) is 5.56 Å². The van der Waals surface area contributed by atoms with E-state index >= 15 is 0 Å². The van der Waals surface area contributed by atoms with Gasteiger partial charge in [-0.25, -0.2) is 4.79 Å². The Morgan fingerprint density at radius 3 is 2.38 bits per heavy atom. The van der Waals surface area contributed by atoms with E-state index in [0.717, 1.165) is 5.56 Å². The number of benzene rings is 2. The predicted octanol–water partition coefficient (Wildman–Crippen LogP) is 3.62. The summed E-state index contributed by atoms with van der Waals surface area (Å²) in [5, 5.41) is 12.3. The number of hydrogen-bond donors (Lipinski definition) is 2. The van der Waals surface area contributed by atoms with Gasteiger partial charge in [0.05, 0.1) is 18.4 Å². The van der Waals surface area contributed by atoms with Gasteiger partial charge in [-0.05, 0) is 37.6 Å². The monoisotopic (exact) mass is 285 g/mol. The maximum absolute atomic E-state index is 11.0. The van der Waals surface area contributed by atoms with Crippen molar-refractivity contribution in [1.82, 2.24) is 0 Å². The zero-order chi connectivity index (χ0) is 15.4. The number of aromatic carboxylic acids is 1. The van der Waals surface area contributed by atoms with Crippen LogP contribution in [-0.2, 0) is 6.54 Å². The highest BCUT2D eigenvalue weighted by atomic mass is 16.5. The van der Waals surface area contributed by atoms with Gasteiger partial charge in [0, 0.05) is 6.54 Å². The number of aryl methyl sites for hydroxylation is 2. The van der Waals surface area contributed by atoms with E-state index < -0.39 is 5.97 Å². The van der Waals surface area contributed by atoms with Crippen LogP contribution < -0.4 is 10.1 Å². The molecule has 0 spiro atoms. The fourth-order valence-corrected chi connectivity index (χ4v) is 2.35. The van der Waals surface area contributed by atoms with Gasteiger partial charge in [-0.2, -0.15) is 0 Å². The van der Waals surface area contributed by atoms with Gasteiger partial charge < -0.3 is 15.2 Å². The van der Waals surface area contributed by atoms with Crippen LogP contribution in [0.4, 0.5) is 5.69 Å². The molecule has 2 aromatic rings. The van der Waals surface area contributed by atoms with Gasteiger partial charge in [0.1, 0.15) is 5.75 Å². The molecule has 0 heterocycles. The summed E-state index contributed by atoms with van der Waals surface area (Å²) >= 11 is 0. The van der Waals surface area contributed by atoms with Crippen molar-refractivity contribution in [3.8, 4) is 5.75 Å². The summed E-state index contributed by atoms with van der Waals surface area (Å²) in [6, 6.07) is 11.1. The first kappa shape index (κ1) is 14.9. The van der Waals surface area contributed by atoms with E-state index in [1.807, 2.05) is 0 Å². The standard InChI is InChI=1S/C17H19NO3/c1-11-6-12(2)8-13(7-11)10-18-15-9-14(17(19)20)4-5-16(15)21-3/h4-9,18H,10H2,1-3H3,(H,19,20). The van der Waals surface area contributed by atoms with E-state index in [0.29, 0.717) is 18.0 Å². The molecule has 4 heteroatoms. The van der Waals surface area contributed by atoms with Crippen LogP contribution in [0, 0.1) is 13.8 Å². The van der Waals surface area contributed by atoms with Crippen LogP contribution in [0.1, 0.15) is 27.0 Å². The number of methoxy groups -OCH3 is 1. The fourth-order valence-electron chi connectivity index (χ4n) is 2.35. The summed E-state index contributed by atoms with van der Waals surface area (Å²) < 4.78 is 5.26. The van der Waals surface area contributed by atoms with Crippen molar-refractivity contribution in [3.05, 3.63) is 58.7 Å². The predicted molar refractivity (Wildman–Crippen MR) is 83.2 cm³/mol. The Hall–Kier alpha value is -2.49. The third kappa shape index (κ3) is 3.75. The first-order valence-electron chi connectivity index (χ1n) is 6.72. The van der Waals surface area contributed by atoms with Crippen LogP contribution in [0.25, 0.3) is 0 Å². The largest absolute Gasteiger partial charge is 0.495 e. The minimum atomic E-state index is -0.952. The van der Waals surface area contributed by atoms with Gasteiger partial charge >= 0.3 is 5.97 Å². The van der Waals surface area contributed by atoms with Crippen molar-refractivity contribution >= 4 is 11.7 Å². The minimum Gasteiger partial charge on any atom is -0.495 e. The molecule has 0 aromatic heterocycles. The molecule has 0 aliphatic rings. The number of rotatable bonds is 5. The Morgan fingerprint density at radius 2 is 1.81 bits per heavy atom. The molecule has 0 radical (unpaired) electrons. The number of hydrogen-bond acceptors (Lipinski definition) is 3. The van der Waals surface area contributed by atoms with Gasteiger partial charge in [0.15, 0.2) is 0 Å². The number of carbonyl (C=O) groups is 1. The Kier molecular flexibility index (Phi) is 4.48. The SMILES string of the molecule is COc1ccc(C(=O)O)cc1NCc1cc(C)cc(C)c1. The van der Waals surface area contributed by atoms with Crippen molar-refractivity contribution in [2.24, 2.45) is 0 Å². The van der Waals surface area contributed by atoms with E-state index in [1.165, 1.54) is 17.2 Å². The third-order valence-corrected chi connectivity index (χ3v) is 3.21. The summed E-state index contributed by atoms with van der Waals surface area (Å²) in [4.78, 5) is 11.0. The molecule has 21 heavy (non-hydrogen) atoms. The zero-order valence-electron chi connectivity index (χ0n) is 12.4. The quantitative estimate of drug-likeness (QED) is 0.881. The molecular weight excluding hydrogens is 266 g/mol. The number of carboxylic acid groups (broad SMARTS) is 1. The first-order chi connectivity index (χ1) is 9.99. The zero-order valence-corrected chi connectivity index (χ0v) is 12.4. The van der Waals surface area contributed by atoms with Crippen molar-refractivity contribution < 1.29 is 14.6 Å². The van der Waals surface area contributed by atoms with Crippen LogP contribution in [0.3, 0.4) is 0 Å². The summed E-state index contributed by atoms with van der Waals surface area (Å²) in [6.07, 6.45) is 0. The van der Waals surface area contributed by atoms with Gasteiger partial charge in [0.25, 0.3) is 0 Å². The van der Waals surface area contributed by atoms with Crippen molar-refractivity contribution in [2.75, 3.05) is 12.4 Å². The molecule has 0 fully saturated rings. The van der Waals surface area contributed by atoms with Crippen LogP contribution in [-0.4, -0.2) is 18.2 Å². The second kappa shape index (κ2) is 6.31. The Balaban J connectivity index is 2.21. The van der Waals surface area contributed by atoms with E-state index in [9.17, 15) is 4.79 Å². The Labute approximate surface area is 124 Å². The van der Waals surface area contributed by atoms with Crippen LogP contribution in [0.2, 0.25) is 0 Å². The van der Waals surface area contributed by atoms with Gasteiger partial charge in [0.2, 0.25) is 0 Å². The lowest BCUT2D eigenvalue weighted by Gasteiger charge is -2.13. The molecule has 0 amide bonds. The van der Waals surface area contributed by atoms with Crippen LogP contribution in [0.15, 0.2) is 36.4 Å². The van der Waals surface area contributed by atoms with Gasteiger partial charge in [-0.15, -0.1) is 0 Å². The molecule has 0 atom stereocenters. The number of anilines is 1. The fraction of sp³-hybridized carbons (Fsp3) is 0.235. The maximum Gasteiger partial charge on any atom is 0.335 e. The highest BCUT2D eigenvalue weighted by molar-refractivity contribution is 5.89. The molecule has 0 aliphatic heterocycles. The molecule has 0 aliphatic carbocycles. The molecule has 2 aromatic carbocycles. The lowest BCUT2D eigenvalue weighted by atomic mass is 10.1. The highest BCUT2D eigenvalue weighted by Gasteiger charge is 2.09. The Bertz CT molecular complexity index is 645. The van der Waals surface area contributed by atoms with Crippen molar-refractivity contribution in [3.63, 3.8) is 0 Å². The molecule has 4 nitrogen and oxygen atoms in total. The van der Waals surface area contributed by atoms with E-state index in [4.69, 9.17) is 9.84 Å². The molecule has 0 saturated carbocycles. The van der Waals surface area contributed by atoms with E-state index in [2.05, 4.69) is 37.4 Å². The van der Waals surface area contributed by atoms with E-state index in [1.54, 1.807) is 19.2 Å². The molecule has 0 unspecified atom stereocenters. The maximum atomic E-state index is 11.0. The minimum absolute atomic E-state index is 0.235. The average molecular weight is 285 g/mol. The third-order valence-electron chi connectivity index (χ3n) is 3.21. The lowest BCUT2D eigenvalue weighted by molar-refractivity contribution is 0.0697. The summed E-state index contributed by atoms with van der Waals surface area (Å²) in [5.41, 5.74) is 4.47. The Morgan fingerprint density at radius 1 is 1.14 bits per heavy atom. The lowest BCUT2D eigenvalue weighted by Crippen LogP contribution is -2.04. The molecule has 2 N–H and O–H groups in total. The van der Waals surface area contributed by atoms with Crippen molar-refractivity contribution in [2.45, 2.75) is 20.4 Å². The normalized spacial score (nSPS) is 10.2. The molecule has 0 bridgehead atoms. The first-order valence-corrected chi connectivity index (χ1v) is 6.72. The smallest absolute Gasteiger partial charge is 0.335 e.